The maximum atomic E-state index is 9.33. The van der Waals surface area contributed by atoms with Gasteiger partial charge in [0.05, 0.1) is 17.8 Å². The van der Waals surface area contributed by atoms with Crippen molar-refractivity contribution in [1.29, 1.82) is 5.26 Å². The van der Waals surface area contributed by atoms with Crippen molar-refractivity contribution in [2.45, 2.75) is 51.7 Å². The number of benzene rings is 1. The molecule has 0 radical (unpaired) electrons. The van der Waals surface area contributed by atoms with Gasteiger partial charge in [0.15, 0.2) is 0 Å². The molecule has 1 aromatic carbocycles. The second kappa shape index (κ2) is 6.06. The number of para-hydroxylation sites is 1. The average Bonchev–Trinajstić information content (AvgIpc) is 2.82. The van der Waals surface area contributed by atoms with Gasteiger partial charge in [0.25, 0.3) is 0 Å². The molecular formula is C16H22N4. The van der Waals surface area contributed by atoms with E-state index in [1.54, 1.807) is 0 Å². The van der Waals surface area contributed by atoms with E-state index in [0.717, 1.165) is 30.3 Å². The summed E-state index contributed by atoms with van der Waals surface area (Å²) in [5.74, 6) is 0. The minimum atomic E-state index is -0.461. The SMILES string of the molecule is CC(C)NC(C)(C#N)CCCn1ncc2ccccc21. The Labute approximate surface area is 120 Å². The fraction of sp³-hybridized carbons (Fsp3) is 0.500. The molecule has 0 aliphatic heterocycles. The zero-order valence-corrected chi connectivity index (χ0v) is 12.4. The van der Waals surface area contributed by atoms with Crippen molar-refractivity contribution in [3.63, 3.8) is 0 Å². The average molecular weight is 270 g/mol. The molecule has 2 rings (SSSR count). The summed E-state index contributed by atoms with van der Waals surface area (Å²) in [6.07, 6.45) is 3.64. The van der Waals surface area contributed by atoms with Crippen LogP contribution in [0.3, 0.4) is 0 Å². The molecule has 0 amide bonds. The van der Waals surface area contributed by atoms with Gasteiger partial charge in [-0.05, 0) is 39.7 Å². The maximum absolute atomic E-state index is 9.33. The fourth-order valence-electron chi connectivity index (χ4n) is 2.58. The highest BCUT2D eigenvalue weighted by atomic mass is 15.3. The lowest BCUT2D eigenvalue weighted by Crippen LogP contribution is -2.45. The highest BCUT2D eigenvalue weighted by molar-refractivity contribution is 5.78. The summed E-state index contributed by atoms with van der Waals surface area (Å²) in [6, 6.07) is 10.9. The molecular weight excluding hydrogens is 248 g/mol. The quantitative estimate of drug-likeness (QED) is 0.877. The summed E-state index contributed by atoms with van der Waals surface area (Å²) in [7, 11) is 0. The van der Waals surface area contributed by atoms with E-state index in [1.807, 2.05) is 29.9 Å². The third kappa shape index (κ3) is 3.37. The van der Waals surface area contributed by atoms with Gasteiger partial charge in [-0.15, -0.1) is 0 Å². The number of aryl methyl sites for hydroxylation is 1. The largest absolute Gasteiger partial charge is 0.297 e. The first-order valence-electron chi connectivity index (χ1n) is 7.13. The summed E-state index contributed by atoms with van der Waals surface area (Å²) in [5, 5.41) is 18.2. The molecule has 0 fully saturated rings. The first-order chi connectivity index (χ1) is 9.54. The number of aromatic nitrogens is 2. The van der Waals surface area contributed by atoms with Gasteiger partial charge in [0.2, 0.25) is 0 Å². The van der Waals surface area contributed by atoms with Crippen LogP contribution in [0.5, 0.6) is 0 Å². The minimum absolute atomic E-state index is 0.310. The summed E-state index contributed by atoms with van der Waals surface area (Å²) in [6.45, 7) is 6.94. The van der Waals surface area contributed by atoms with Crippen molar-refractivity contribution in [1.82, 2.24) is 15.1 Å². The van der Waals surface area contributed by atoms with Crippen LogP contribution in [0.2, 0.25) is 0 Å². The highest BCUT2D eigenvalue weighted by Crippen LogP contribution is 2.16. The van der Waals surface area contributed by atoms with Gasteiger partial charge >= 0.3 is 0 Å². The van der Waals surface area contributed by atoms with Crippen LogP contribution in [0.15, 0.2) is 30.5 Å². The second-order valence-corrected chi connectivity index (χ2v) is 5.77. The predicted molar refractivity (Wildman–Crippen MR) is 81.3 cm³/mol. The van der Waals surface area contributed by atoms with E-state index in [0.29, 0.717) is 6.04 Å². The van der Waals surface area contributed by atoms with Crippen LogP contribution >= 0.6 is 0 Å². The molecule has 4 heteroatoms. The zero-order chi connectivity index (χ0) is 14.6. The molecule has 0 aliphatic rings. The Kier molecular flexibility index (Phi) is 4.41. The Morgan fingerprint density at radius 3 is 2.85 bits per heavy atom. The maximum Gasteiger partial charge on any atom is 0.104 e. The Bertz CT molecular complexity index is 608. The monoisotopic (exact) mass is 270 g/mol. The minimum Gasteiger partial charge on any atom is -0.297 e. The van der Waals surface area contributed by atoms with Crippen molar-refractivity contribution in [3.05, 3.63) is 30.5 Å². The van der Waals surface area contributed by atoms with E-state index >= 15 is 0 Å². The van der Waals surface area contributed by atoms with Gasteiger partial charge in [0.1, 0.15) is 5.54 Å². The van der Waals surface area contributed by atoms with Gasteiger partial charge in [-0.1, -0.05) is 18.2 Å². The number of fused-ring (bicyclic) bond motifs is 1. The molecule has 1 heterocycles. The summed E-state index contributed by atoms with van der Waals surface area (Å²) in [4.78, 5) is 0. The third-order valence-electron chi connectivity index (χ3n) is 3.45. The smallest absolute Gasteiger partial charge is 0.104 e. The molecule has 1 atom stereocenters. The van der Waals surface area contributed by atoms with Crippen molar-refractivity contribution in [2.24, 2.45) is 0 Å². The van der Waals surface area contributed by atoms with Crippen molar-refractivity contribution in [3.8, 4) is 6.07 Å². The third-order valence-corrected chi connectivity index (χ3v) is 3.45. The van der Waals surface area contributed by atoms with Gasteiger partial charge in [-0.3, -0.25) is 10.00 Å². The summed E-state index contributed by atoms with van der Waals surface area (Å²) in [5.41, 5.74) is 0.694. The van der Waals surface area contributed by atoms with Crippen LogP contribution in [-0.2, 0) is 6.54 Å². The van der Waals surface area contributed by atoms with E-state index < -0.39 is 5.54 Å². The van der Waals surface area contributed by atoms with E-state index in [4.69, 9.17) is 0 Å². The van der Waals surface area contributed by atoms with Gasteiger partial charge < -0.3 is 0 Å². The van der Waals surface area contributed by atoms with Crippen LogP contribution < -0.4 is 5.32 Å². The normalized spacial score (nSPS) is 14.3. The van der Waals surface area contributed by atoms with Crippen LogP contribution in [0.25, 0.3) is 10.9 Å². The van der Waals surface area contributed by atoms with E-state index in [2.05, 4.69) is 42.5 Å². The Balaban J connectivity index is 1.97. The van der Waals surface area contributed by atoms with Crippen molar-refractivity contribution < 1.29 is 0 Å². The van der Waals surface area contributed by atoms with Gasteiger partial charge in [-0.25, -0.2) is 0 Å². The first kappa shape index (κ1) is 14.5. The Morgan fingerprint density at radius 2 is 2.15 bits per heavy atom. The number of nitriles is 1. The molecule has 1 unspecified atom stereocenters. The first-order valence-corrected chi connectivity index (χ1v) is 7.13. The molecule has 4 nitrogen and oxygen atoms in total. The zero-order valence-electron chi connectivity index (χ0n) is 12.4. The molecule has 1 aromatic heterocycles. The van der Waals surface area contributed by atoms with Gasteiger partial charge in [0, 0.05) is 18.0 Å². The Hall–Kier alpha value is -1.86. The predicted octanol–water partition coefficient (Wildman–Crippen LogP) is 3.10. The van der Waals surface area contributed by atoms with E-state index in [-0.39, 0.29) is 0 Å². The number of nitrogens with zero attached hydrogens (tertiary/aromatic N) is 3. The number of nitrogens with one attached hydrogen (secondary N) is 1. The van der Waals surface area contributed by atoms with Crippen molar-refractivity contribution >= 4 is 10.9 Å². The topological polar surface area (TPSA) is 53.6 Å². The van der Waals surface area contributed by atoms with E-state index in [9.17, 15) is 5.26 Å². The summed E-state index contributed by atoms with van der Waals surface area (Å²) >= 11 is 0. The fourth-order valence-corrected chi connectivity index (χ4v) is 2.58. The second-order valence-electron chi connectivity index (χ2n) is 5.77. The lowest BCUT2D eigenvalue weighted by atomic mass is 9.96. The standard InChI is InChI=1S/C16H22N4/c1-13(2)19-16(3,12-17)9-6-10-20-15-8-5-4-7-14(15)11-18-20/h4-5,7-8,11,13,19H,6,9-10H2,1-3H3. The summed E-state index contributed by atoms with van der Waals surface area (Å²) < 4.78 is 2.02. The molecule has 0 spiro atoms. The number of rotatable bonds is 6. The van der Waals surface area contributed by atoms with Crippen LogP contribution in [-0.4, -0.2) is 21.4 Å². The van der Waals surface area contributed by atoms with E-state index in [1.165, 1.54) is 0 Å². The molecule has 0 saturated carbocycles. The molecule has 0 saturated heterocycles. The van der Waals surface area contributed by atoms with Gasteiger partial charge in [-0.2, -0.15) is 10.4 Å². The molecule has 0 aliphatic carbocycles. The molecule has 2 aromatic rings. The Morgan fingerprint density at radius 1 is 1.40 bits per heavy atom. The van der Waals surface area contributed by atoms with Crippen LogP contribution in [0.4, 0.5) is 0 Å². The highest BCUT2D eigenvalue weighted by Gasteiger charge is 2.23. The molecule has 1 N–H and O–H groups in total. The number of hydrogen-bond donors (Lipinski definition) is 1. The lowest BCUT2D eigenvalue weighted by Gasteiger charge is -2.25. The number of hydrogen-bond acceptors (Lipinski definition) is 3. The van der Waals surface area contributed by atoms with Crippen molar-refractivity contribution in [2.75, 3.05) is 0 Å². The lowest BCUT2D eigenvalue weighted by molar-refractivity contribution is 0.362. The van der Waals surface area contributed by atoms with Crippen LogP contribution in [0, 0.1) is 11.3 Å². The van der Waals surface area contributed by atoms with Crippen LogP contribution in [0.1, 0.15) is 33.6 Å². The molecule has 20 heavy (non-hydrogen) atoms. The molecule has 0 bridgehead atoms. The molecule has 106 valence electrons.